The lowest BCUT2D eigenvalue weighted by Crippen LogP contribution is -2.83. The van der Waals surface area contributed by atoms with Crippen LogP contribution in [0.25, 0.3) is 0 Å². The van der Waals surface area contributed by atoms with E-state index in [9.17, 15) is 4.39 Å². The van der Waals surface area contributed by atoms with Crippen molar-refractivity contribution in [3.8, 4) is 11.5 Å². The highest BCUT2D eigenvalue weighted by molar-refractivity contribution is 6.29. The highest BCUT2D eigenvalue weighted by atomic mass is 35.5. The molecule has 0 fully saturated rings. The smallest absolute Gasteiger partial charge is 0.161 e. The highest BCUT2D eigenvalue weighted by Gasteiger charge is 2.08. The second-order valence-corrected chi connectivity index (χ2v) is 6.81. The van der Waals surface area contributed by atoms with Crippen molar-refractivity contribution in [2.24, 2.45) is 0 Å². The summed E-state index contributed by atoms with van der Waals surface area (Å²) in [5.74, 6) is 1.19. The van der Waals surface area contributed by atoms with Gasteiger partial charge in [-0.1, -0.05) is 29.8 Å². The Balaban J connectivity index is 1.50. The van der Waals surface area contributed by atoms with Gasteiger partial charge in [0.05, 0.1) is 13.7 Å². The number of benzene rings is 2. The predicted octanol–water partition coefficient (Wildman–Crippen LogP) is 3.77. The summed E-state index contributed by atoms with van der Waals surface area (Å²) in [5, 5.41) is 2.68. The van der Waals surface area contributed by atoms with Crippen LogP contribution in [-0.4, -0.2) is 18.6 Å². The molecule has 4 nitrogen and oxygen atoms in total. The average Bonchev–Trinajstić information content (AvgIpc) is 2.72. The van der Waals surface area contributed by atoms with Gasteiger partial charge in [-0.2, -0.15) is 0 Å². The van der Waals surface area contributed by atoms with Gasteiger partial charge < -0.3 is 14.8 Å². The number of aromatic nitrogens is 1. The topological polar surface area (TPSA) is 48.0 Å². The molecule has 0 saturated carbocycles. The van der Waals surface area contributed by atoms with Gasteiger partial charge in [-0.25, -0.2) is 9.37 Å². The van der Waals surface area contributed by atoms with Crippen LogP contribution >= 0.6 is 11.6 Å². The van der Waals surface area contributed by atoms with E-state index in [1.807, 2.05) is 36.4 Å². The summed E-state index contributed by atoms with van der Waals surface area (Å²) in [7, 11) is 1.63. The standard InChI is InChI=1S/C22H22ClFN2O2/c1-27-21-12-17(13-25-11-10-16-2-6-19(24)7-3-16)4-8-20(21)28-15-18-5-9-22(23)26-14-18/h2-9,12,14,25H,10-11,13,15H2,1H3/p+1. The Morgan fingerprint density at radius 3 is 2.43 bits per heavy atom. The molecule has 0 amide bonds. The number of halogens is 2. The van der Waals surface area contributed by atoms with Crippen LogP contribution in [-0.2, 0) is 19.6 Å². The molecule has 1 aromatic heterocycles. The number of nitrogens with zero attached hydrogens (tertiary/aromatic N) is 1. The van der Waals surface area contributed by atoms with Crippen LogP contribution in [0, 0.1) is 5.82 Å². The number of nitrogens with two attached hydrogens (primary N) is 1. The second kappa shape index (κ2) is 10.1. The third kappa shape index (κ3) is 5.94. The first-order valence-corrected chi connectivity index (χ1v) is 9.48. The Bertz CT molecular complexity index is 886. The molecule has 28 heavy (non-hydrogen) atoms. The highest BCUT2D eigenvalue weighted by Crippen LogP contribution is 2.28. The van der Waals surface area contributed by atoms with Crippen molar-refractivity contribution in [3.63, 3.8) is 0 Å². The maximum atomic E-state index is 12.9. The van der Waals surface area contributed by atoms with Gasteiger partial charge in [0, 0.05) is 23.7 Å². The van der Waals surface area contributed by atoms with Crippen molar-refractivity contribution in [1.82, 2.24) is 4.98 Å². The van der Waals surface area contributed by atoms with Crippen molar-refractivity contribution in [3.05, 3.63) is 88.5 Å². The Hall–Kier alpha value is -2.63. The van der Waals surface area contributed by atoms with Gasteiger partial charge in [0.2, 0.25) is 0 Å². The first-order valence-electron chi connectivity index (χ1n) is 9.10. The number of pyridine rings is 1. The van der Waals surface area contributed by atoms with Crippen LogP contribution in [0.3, 0.4) is 0 Å². The maximum absolute atomic E-state index is 12.9. The molecule has 0 bridgehead atoms. The van der Waals surface area contributed by atoms with Crippen molar-refractivity contribution in [2.75, 3.05) is 13.7 Å². The molecule has 1 heterocycles. The zero-order chi connectivity index (χ0) is 19.8. The molecule has 0 unspecified atom stereocenters. The largest absolute Gasteiger partial charge is 0.493 e. The quantitative estimate of drug-likeness (QED) is 0.438. The molecule has 0 spiro atoms. The molecular weight excluding hydrogens is 379 g/mol. The lowest BCUT2D eigenvalue weighted by Gasteiger charge is -2.12. The molecule has 2 aromatic carbocycles. The first-order chi connectivity index (χ1) is 13.6. The SMILES string of the molecule is COc1cc(C[NH2+]CCc2ccc(F)cc2)ccc1OCc1ccc(Cl)nc1. The van der Waals surface area contributed by atoms with Crippen molar-refractivity contribution in [2.45, 2.75) is 19.6 Å². The van der Waals surface area contributed by atoms with Gasteiger partial charge in [-0.05, 0) is 42.0 Å². The number of methoxy groups -OCH3 is 1. The van der Waals surface area contributed by atoms with E-state index in [0.29, 0.717) is 23.3 Å². The van der Waals surface area contributed by atoms with Crippen LogP contribution in [0.1, 0.15) is 16.7 Å². The fourth-order valence-corrected chi connectivity index (χ4v) is 2.91. The molecule has 0 aliphatic rings. The second-order valence-electron chi connectivity index (χ2n) is 6.42. The Morgan fingerprint density at radius 1 is 0.964 bits per heavy atom. The number of hydrogen-bond donors (Lipinski definition) is 1. The lowest BCUT2D eigenvalue weighted by molar-refractivity contribution is -0.670. The molecular formula is C22H23ClFN2O2+. The molecule has 0 saturated heterocycles. The van der Waals surface area contributed by atoms with Gasteiger partial charge >= 0.3 is 0 Å². The minimum absolute atomic E-state index is 0.200. The molecule has 2 N–H and O–H groups in total. The molecule has 3 aromatic rings. The van der Waals surface area contributed by atoms with Crippen LogP contribution in [0.2, 0.25) is 5.15 Å². The molecule has 6 heteroatoms. The zero-order valence-corrected chi connectivity index (χ0v) is 16.5. The summed E-state index contributed by atoms with van der Waals surface area (Å²) in [6, 6.07) is 16.2. The van der Waals surface area contributed by atoms with Crippen LogP contribution in [0.5, 0.6) is 11.5 Å². The van der Waals surface area contributed by atoms with E-state index in [2.05, 4.69) is 10.3 Å². The molecule has 0 aliphatic heterocycles. The summed E-state index contributed by atoms with van der Waals surface area (Å²) in [6.45, 7) is 2.15. The summed E-state index contributed by atoms with van der Waals surface area (Å²) < 4.78 is 24.3. The number of quaternary nitrogens is 1. The van der Waals surface area contributed by atoms with Crippen LogP contribution in [0.4, 0.5) is 4.39 Å². The number of ether oxygens (including phenoxy) is 2. The van der Waals surface area contributed by atoms with E-state index in [4.69, 9.17) is 21.1 Å². The van der Waals surface area contributed by atoms with E-state index < -0.39 is 0 Å². The number of rotatable bonds is 9. The van der Waals surface area contributed by atoms with E-state index in [-0.39, 0.29) is 5.82 Å². The predicted molar refractivity (Wildman–Crippen MR) is 107 cm³/mol. The van der Waals surface area contributed by atoms with Crippen molar-refractivity contribution < 1.29 is 19.2 Å². The van der Waals surface area contributed by atoms with Crippen LogP contribution in [0.15, 0.2) is 60.8 Å². The fourth-order valence-electron chi connectivity index (χ4n) is 2.80. The minimum Gasteiger partial charge on any atom is -0.493 e. The first kappa shape index (κ1) is 20.1. The van der Waals surface area contributed by atoms with E-state index in [1.54, 1.807) is 19.4 Å². The van der Waals surface area contributed by atoms with Gasteiger partial charge in [0.15, 0.2) is 11.5 Å². The van der Waals surface area contributed by atoms with Gasteiger partial charge in [-0.15, -0.1) is 0 Å². The Morgan fingerprint density at radius 2 is 1.71 bits per heavy atom. The molecule has 0 aliphatic carbocycles. The Labute approximate surface area is 169 Å². The molecule has 0 atom stereocenters. The summed E-state index contributed by atoms with van der Waals surface area (Å²) in [4.78, 5) is 4.05. The normalized spacial score (nSPS) is 10.7. The summed E-state index contributed by atoms with van der Waals surface area (Å²) >= 11 is 5.80. The Kier molecular flexibility index (Phi) is 7.23. The summed E-state index contributed by atoms with van der Waals surface area (Å²) in [6.07, 6.45) is 2.59. The van der Waals surface area contributed by atoms with Crippen molar-refractivity contribution >= 4 is 11.6 Å². The van der Waals surface area contributed by atoms with Gasteiger partial charge in [0.25, 0.3) is 0 Å². The molecule has 0 radical (unpaired) electrons. The maximum Gasteiger partial charge on any atom is 0.161 e. The zero-order valence-electron chi connectivity index (χ0n) is 15.7. The van der Waals surface area contributed by atoms with Crippen LogP contribution < -0.4 is 14.8 Å². The van der Waals surface area contributed by atoms with E-state index in [1.165, 1.54) is 12.1 Å². The third-order valence-electron chi connectivity index (χ3n) is 4.34. The third-order valence-corrected chi connectivity index (χ3v) is 4.57. The summed E-state index contributed by atoms with van der Waals surface area (Å²) in [5.41, 5.74) is 3.22. The monoisotopic (exact) mass is 401 g/mol. The average molecular weight is 402 g/mol. The minimum atomic E-state index is -0.200. The number of hydrogen-bond acceptors (Lipinski definition) is 3. The lowest BCUT2D eigenvalue weighted by atomic mass is 10.1. The van der Waals surface area contributed by atoms with Crippen molar-refractivity contribution in [1.29, 1.82) is 0 Å². The van der Waals surface area contributed by atoms with Gasteiger partial charge in [0.1, 0.15) is 24.1 Å². The molecule has 146 valence electrons. The molecule has 3 rings (SSSR count). The van der Waals surface area contributed by atoms with Gasteiger partial charge in [-0.3, -0.25) is 0 Å². The van der Waals surface area contributed by atoms with E-state index in [0.717, 1.165) is 36.2 Å². The fraction of sp³-hybridized carbons (Fsp3) is 0.227. The van der Waals surface area contributed by atoms with E-state index >= 15 is 0 Å².